The number of ether oxygens (including phenoxy) is 1. The number of hydrogen-bond acceptors (Lipinski definition) is 4. The lowest BCUT2D eigenvalue weighted by atomic mass is 10.3. The number of carboxylic acids is 1. The quantitative estimate of drug-likeness (QED) is 0.315. The van der Waals surface area contributed by atoms with Crippen molar-refractivity contribution in [1.29, 1.82) is 0 Å². The lowest BCUT2D eigenvalue weighted by Gasteiger charge is -2.03. The van der Waals surface area contributed by atoms with Crippen molar-refractivity contribution in [2.75, 3.05) is 0 Å². The van der Waals surface area contributed by atoms with Crippen molar-refractivity contribution in [2.45, 2.75) is 0 Å². The highest BCUT2D eigenvalue weighted by molar-refractivity contribution is 14.1. The number of esters is 1. The molecular formula is C8H4IO4-. The maximum atomic E-state index is 10.5. The zero-order chi connectivity index (χ0) is 9.84. The third kappa shape index (κ3) is 3.02. The SMILES string of the molecule is O=C([O-])C(=O)Oc1ccc(I)cc1. The molecule has 0 saturated carbocycles. The summed E-state index contributed by atoms with van der Waals surface area (Å²) in [6.07, 6.45) is 0. The molecule has 0 spiro atoms. The topological polar surface area (TPSA) is 66.4 Å². The van der Waals surface area contributed by atoms with Crippen molar-refractivity contribution in [1.82, 2.24) is 0 Å². The molecule has 0 radical (unpaired) electrons. The number of carbonyl (C=O) groups excluding carboxylic acids is 2. The molecule has 1 aromatic rings. The number of halogens is 1. The summed E-state index contributed by atoms with van der Waals surface area (Å²) in [6.45, 7) is 0. The molecule has 13 heavy (non-hydrogen) atoms. The van der Waals surface area contributed by atoms with E-state index in [4.69, 9.17) is 0 Å². The van der Waals surface area contributed by atoms with Gasteiger partial charge in [0.15, 0.2) is 5.97 Å². The lowest BCUT2D eigenvalue weighted by Crippen LogP contribution is -2.34. The molecule has 0 atom stereocenters. The summed E-state index contributed by atoms with van der Waals surface area (Å²) in [7, 11) is 0. The van der Waals surface area contributed by atoms with E-state index in [1.54, 1.807) is 12.1 Å². The van der Waals surface area contributed by atoms with Crippen LogP contribution >= 0.6 is 22.6 Å². The molecule has 0 aliphatic rings. The van der Waals surface area contributed by atoms with Gasteiger partial charge in [0, 0.05) is 3.57 Å². The number of carbonyl (C=O) groups is 2. The molecule has 68 valence electrons. The van der Waals surface area contributed by atoms with Crippen LogP contribution in [0.25, 0.3) is 0 Å². The minimum atomic E-state index is -1.85. The molecule has 0 aromatic heterocycles. The summed E-state index contributed by atoms with van der Waals surface area (Å²) >= 11 is 2.07. The van der Waals surface area contributed by atoms with Gasteiger partial charge in [-0.05, 0) is 46.9 Å². The van der Waals surface area contributed by atoms with Crippen LogP contribution in [0.5, 0.6) is 5.75 Å². The highest BCUT2D eigenvalue weighted by Gasteiger charge is 2.04. The van der Waals surface area contributed by atoms with E-state index in [1.165, 1.54) is 12.1 Å². The number of hydrogen-bond donors (Lipinski definition) is 0. The van der Waals surface area contributed by atoms with Gasteiger partial charge in [0.25, 0.3) is 0 Å². The Labute approximate surface area is 87.7 Å². The largest absolute Gasteiger partial charge is 0.539 e. The first-order valence-corrected chi connectivity index (χ1v) is 4.36. The number of rotatable bonds is 1. The fourth-order valence-electron chi connectivity index (χ4n) is 0.651. The van der Waals surface area contributed by atoms with Crippen LogP contribution in [0.15, 0.2) is 24.3 Å². The summed E-state index contributed by atoms with van der Waals surface area (Å²) in [5.74, 6) is -3.05. The van der Waals surface area contributed by atoms with Crippen LogP contribution in [0.1, 0.15) is 0 Å². The van der Waals surface area contributed by atoms with Gasteiger partial charge in [-0.25, -0.2) is 4.79 Å². The maximum Gasteiger partial charge on any atom is 0.359 e. The minimum absolute atomic E-state index is 0.189. The van der Waals surface area contributed by atoms with Crippen LogP contribution in [-0.2, 0) is 9.59 Å². The predicted molar refractivity (Wildman–Crippen MR) is 49.8 cm³/mol. The van der Waals surface area contributed by atoms with Gasteiger partial charge >= 0.3 is 5.97 Å². The molecule has 0 saturated heterocycles. The number of carboxylic acid groups (broad SMARTS) is 1. The Kier molecular flexibility index (Phi) is 3.24. The van der Waals surface area contributed by atoms with Gasteiger partial charge in [0.1, 0.15) is 5.75 Å². The highest BCUT2D eigenvalue weighted by atomic mass is 127. The minimum Gasteiger partial charge on any atom is -0.539 e. The summed E-state index contributed by atoms with van der Waals surface area (Å²) in [5.41, 5.74) is 0. The third-order valence-electron chi connectivity index (χ3n) is 1.19. The standard InChI is InChI=1S/C8H5IO4/c9-5-1-3-6(4-2-5)13-8(12)7(10)11/h1-4H,(H,10,11)/p-1. The van der Waals surface area contributed by atoms with E-state index in [9.17, 15) is 14.7 Å². The van der Waals surface area contributed by atoms with Gasteiger partial charge in [-0.3, -0.25) is 0 Å². The third-order valence-corrected chi connectivity index (χ3v) is 1.91. The van der Waals surface area contributed by atoms with Crippen LogP contribution in [0.2, 0.25) is 0 Å². The van der Waals surface area contributed by atoms with E-state index in [-0.39, 0.29) is 5.75 Å². The summed E-state index contributed by atoms with van der Waals surface area (Å²) < 4.78 is 5.39. The first kappa shape index (κ1) is 9.97. The normalized spacial score (nSPS) is 9.31. The zero-order valence-corrected chi connectivity index (χ0v) is 8.48. The molecule has 4 nitrogen and oxygen atoms in total. The average Bonchev–Trinajstić information content (AvgIpc) is 2.08. The second kappa shape index (κ2) is 4.22. The van der Waals surface area contributed by atoms with Crippen molar-refractivity contribution in [3.8, 4) is 5.75 Å². The van der Waals surface area contributed by atoms with Gasteiger partial charge in [-0.1, -0.05) is 0 Å². The van der Waals surface area contributed by atoms with Gasteiger partial charge < -0.3 is 14.6 Å². The molecule has 0 N–H and O–H groups in total. The Morgan fingerprint density at radius 3 is 2.23 bits per heavy atom. The van der Waals surface area contributed by atoms with Crippen molar-refractivity contribution < 1.29 is 19.4 Å². The van der Waals surface area contributed by atoms with Crippen molar-refractivity contribution in [2.24, 2.45) is 0 Å². The molecule has 0 aliphatic carbocycles. The Balaban J connectivity index is 2.70. The second-order valence-electron chi connectivity index (χ2n) is 2.13. The van der Waals surface area contributed by atoms with Crippen LogP contribution < -0.4 is 9.84 Å². The number of benzene rings is 1. The molecular weight excluding hydrogens is 287 g/mol. The van der Waals surface area contributed by atoms with E-state index in [0.29, 0.717) is 0 Å². The second-order valence-corrected chi connectivity index (χ2v) is 3.38. The van der Waals surface area contributed by atoms with Gasteiger partial charge in [-0.15, -0.1) is 0 Å². The molecule has 0 heterocycles. The van der Waals surface area contributed by atoms with E-state index in [2.05, 4.69) is 27.3 Å². The monoisotopic (exact) mass is 291 g/mol. The fourth-order valence-corrected chi connectivity index (χ4v) is 1.01. The maximum absolute atomic E-state index is 10.5. The van der Waals surface area contributed by atoms with Crippen LogP contribution in [0, 0.1) is 3.57 Å². The molecule has 0 amide bonds. The van der Waals surface area contributed by atoms with E-state index >= 15 is 0 Å². The Bertz CT molecular complexity index is 331. The summed E-state index contributed by atoms with van der Waals surface area (Å²) in [6, 6.07) is 6.39. The van der Waals surface area contributed by atoms with Crippen molar-refractivity contribution in [3.05, 3.63) is 27.8 Å². The van der Waals surface area contributed by atoms with Gasteiger partial charge in [-0.2, -0.15) is 0 Å². The highest BCUT2D eigenvalue weighted by Crippen LogP contribution is 2.13. The first-order valence-electron chi connectivity index (χ1n) is 3.28. The number of aliphatic carboxylic acids is 1. The lowest BCUT2D eigenvalue weighted by molar-refractivity contribution is -0.302. The fraction of sp³-hybridized carbons (Fsp3) is 0. The zero-order valence-electron chi connectivity index (χ0n) is 6.32. The molecule has 1 rings (SSSR count). The van der Waals surface area contributed by atoms with E-state index in [1.807, 2.05) is 0 Å². The molecule has 0 unspecified atom stereocenters. The predicted octanol–water partition coefficient (Wildman–Crippen LogP) is -0.0535. The van der Waals surface area contributed by atoms with Crippen molar-refractivity contribution in [3.63, 3.8) is 0 Å². The molecule has 5 heteroatoms. The smallest absolute Gasteiger partial charge is 0.359 e. The van der Waals surface area contributed by atoms with Crippen LogP contribution in [0.4, 0.5) is 0 Å². The molecule has 0 fully saturated rings. The van der Waals surface area contributed by atoms with E-state index < -0.39 is 11.9 Å². The summed E-state index contributed by atoms with van der Waals surface area (Å²) in [4.78, 5) is 20.5. The van der Waals surface area contributed by atoms with E-state index in [0.717, 1.165) is 3.57 Å². The molecule has 1 aromatic carbocycles. The summed E-state index contributed by atoms with van der Waals surface area (Å²) in [5, 5.41) is 9.98. The van der Waals surface area contributed by atoms with Crippen LogP contribution in [0.3, 0.4) is 0 Å². The first-order chi connectivity index (χ1) is 6.09. The Morgan fingerprint density at radius 2 is 1.77 bits per heavy atom. The Hall–Kier alpha value is -1.11. The van der Waals surface area contributed by atoms with Gasteiger partial charge in [0.05, 0.1) is 0 Å². The van der Waals surface area contributed by atoms with Crippen molar-refractivity contribution >= 4 is 34.5 Å². The molecule has 0 bridgehead atoms. The molecule has 0 aliphatic heterocycles. The van der Waals surface area contributed by atoms with Gasteiger partial charge in [0.2, 0.25) is 0 Å². The Morgan fingerprint density at radius 1 is 1.23 bits per heavy atom. The average molecular weight is 291 g/mol. The van der Waals surface area contributed by atoms with Crippen LogP contribution in [-0.4, -0.2) is 11.9 Å².